The summed E-state index contributed by atoms with van der Waals surface area (Å²) >= 11 is 0. The Balaban J connectivity index is 0.00000196. The van der Waals surface area contributed by atoms with E-state index < -0.39 is 0 Å². The molecule has 2 aliphatic rings. The first-order valence-corrected chi connectivity index (χ1v) is 9.28. The van der Waals surface area contributed by atoms with E-state index in [0.29, 0.717) is 6.04 Å². The standard InChI is InChI=1S/C21H26N4.HI/c1-3-8-18(9-4-1)16-25-15-13-22-21(25)24-14-7-12-20(17-24)23-19-10-5-2-6-11-19;/h1-6,8-11,20,23H,7,12-17H2;1H. The molecule has 0 aromatic heterocycles. The molecular weight excluding hydrogens is 435 g/mol. The topological polar surface area (TPSA) is 30.9 Å². The van der Waals surface area contributed by atoms with Gasteiger partial charge in [-0.2, -0.15) is 0 Å². The molecule has 2 aromatic carbocycles. The molecule has 4 nitrogen and oxygen atoms in total. The molecule has 0 amide bonds. The van der Waals surface area contributed by atoms with Gasteiger partial charge in [-0.05, 0) is 30.5 Å². The van der Waals surface area contributed by atoms with Crippen LogP contribution in [0.5, 0.6) is 0 Å². The molecule has 4 rings (SSSR count). The lowest BCUT2D eigenvalue weighted by Crippen LogP contribution is -2.49. The third kappa shape index (κ3) is 4.69. The summed E-state index contributed by atoms with van der Waals surface area (Å²) in [5.74, 6) is 1.18. The van der Waals surface area contributed by atoms with Gasteiger partial charge in [0.2, 0.25) is 0 Å². The second-order valence-corrected chi connectivity index (χ2v) is 6.88. The van der Waals surface area contributed by atoms with Crippen molar-refractivity contribution in [2.24, 2.45) is 4.99 Å². The second-order valence-electron chi connectivity index (χ2n) is 6.88. The Kier molecular flexibility index (Phi) is 6.77. The molecule has 2 heterocycles. The zero-order valence-corrected chi connectivity index (χ0v) is 17.4. The van der Waals surface area contributed by atoms with E-state index in [1.54, 1.807) is 0 Å². The molecule has 1 N–H and O–H groups in total. The quantitative estimate of drug-likeness (QED) is 0.696. The van der Waals surface area contributed by atoms with Crippen molar-refractivity contribution < 1.29 is 0 Å². The fourth-order valence-electron chi connectivity index (χ4n) is 3.77. The Morgan fingerprint density at radius 2 is 1.69 bits per heavy atom. The average molecular weight is 462 g/mol. The minimum Gasteiger partial charge on any atom is -0.381 e. The van der Waals surface area contributed by atoms with Gasteiger partial charge in [0.1, 0.15) is 0 Å². The van der Waals surface area contributed by atoms with Crippen molar-refractivity contribution in [2.75, 3.05) is 31.5 Å². The van der Waals surface area contributed by atoms with Gasteiger partial charge in [-0.25, -0.2) is 0 Å². The number of nitrogens with one attached hydrogen (secondary N) is 1. The summed E-state index contributed by atoms with van der Waals surface area (Å²) in [6.45, 7) is 5.02. The van der Waals surface area contributed by atoms with Crippen LogP contribution in [0.1, 0.15) is 18.4 Å². The second kappa shape index (κ2) is 9.26. The number of piperidine rings is 1. The van der Waals surface area contributed by atoms with Gasteiger partial charge in [0.15, 0.2) is 5.96 Å². The number of benzene rings is 2. The Bertz CT molecular complexity index is 704. The number of rotatable bonds is 4. The van der Waals surface area contributed by atoms with Gasteiger partial charge < -0.3 is 15.1 Å². The van der Waals surface area contributed by atoms with Gasteiger partial charge in [-0.15, -0.1) is 24.0 Å². The monoisotopic (exact) mass is 462 g/mol. The highest BCUT2D eigenvalue weighted by atomic mass is 127. The number of likely N-dealkylation sites (tertiary alicyclic amines) is 1. The molecule has 0 bridgehead atoms. The van der Waals surface area contributed by atoms with E-state index in [0.717, 1.165) is 32.7 Å². The summed E-state index contributed by atoms with van der Waals surface area (Å²) < 4.78 is 0. The smallest absolute Gasteiger partial charge is 0.197 e. The van der Waals surface area contributed by atoms with Gasteiger partial charge in [-0.1, -0.05) is 48.5 Å². The molecule has 0 saturated carbocycles. The van der Waals surface area contributed by atoms with Crippen molar-refractivity contribution >= 4 is 35.6 Å². The van der Waals surface area contributed by atoms with E-state index >= 15 is 0 Å². The van der Waals surface area contributed by atoms with Crippen LogP contribution < -0.4 is 5.32 Å². The number of aliphatic imine (C=N–C) groups is 1. The SMILES string of the molecule is I.c1ccc(CN2CCN=C2N2CCCC(Nc3ccccc3)C2)cc1. The summed E-state index contributed by atoms with van der Waals surface area (Å²) in [5, 5.41) is 3.68. The molecule has 1 saturated heterocycles. The molecular formula is C21H27IN4. The molecule has 2 aliphatic heterocycles. The zero-order chi connectivity index (χ0) is 16.9. The summed E-state index contributed by atoms with van der Waals surface area (Å²) in [4.78, 5) is 9.72. The molecule has 0 radical (unpaired) electrons. The van der Waals surface area contributed by atoms with E-state index in [1.807, 2.05) is 0 Å². The van der Waals surface area contributed by atoms with Crippen molar-refractivity contribution in [3.05, 3.63) is 66.2 Å². The first kappa shape index (κ1) is 19.0. The zero-order valence-electron chi connectivity index (χ0n) is 15.1. The lowest BCUT2D eigenvalue weighted by molar-refractivity contribution is 0.279. The van der Waals surface area contributed by atoms with Gasteiger partial charge in [0, 0.05) is 37.9 Å². The van der Waals surface area contributed by atoms with E-state index in [9.17, 15) is 0 Å². The van der Waals surface area contributed by atoms with Crippen LogP contribution in [-0.2, 0) is 6.54 Å². The summed E-state index contributed by atoms with van der Waals surface area (Å²) in [7, 11) is 0. The first-order chi connectivity index (χ1) is 12.4. The fraction of sp³-hybridized carbons (Fsp3) is 0.381. The van der Waals surface area contributed by atoms with Crippen molar-refractivity contribution in [1.29, 1.82) is 0 Å². The van der Waals surface area contributed by atoms with Crippen LogP contribution in [-0.4, -0.2) is 48.0 Å². The summed E-state index contributed by atoms with van der Waals surface area (Å²) in [6, 6.07) is 21.7. The van der Waals surface area contributed by atoms with Crippen LogP contribution in [0.3, 0.4) is 0 Å². The van der Waals surface area contributed by atoms with Crippen molar-refractivity contribution in [2.45, 2.75) is 25.4 Å². The van der Waals surface area contributed by atoms with Crippen LogP contribution in [0.4, 0.5) is 5.69 Å². The maximum absolute atomic E-state index is 4.82. The lowest BCUT2D eigenvalue weighted by atomic mass is 10.1. The van der Waals surface area contributed by atoms with Crippen LogP contribution >= 0.6 is 24.0 Å². The number of hydrogen-bond acceptors (Lipinski definition) is 4. The Morgan fingerprint density at radius 3 is 2.46 bits per heavy atom. The number of para-hydroxylation sites is 1. The lowest BCUT2D eigenvalue weighted by Gasteiger charge is -2.37. The van der Waals surface area contributed by atoms with Gasteiger partial charge >= 0.3 is 0 Å². The maximum Gasteiger partial charge on any atom is 0.197 e. The molecule has 2 aromatic rings. The van der Waals surface area contributed by atoms with Crippen molar-refractivity contribution in [3.8, 4) is 0 Å². The van der Waals surface area contributed by atoms with Gasteiger partial charge in [0.25, 0.3) is 0 Å². The molecule has 0 aliphatic carbocycles. The fourth-order valence-corrected chi connectivity index (χ4v) is 3.77. The number of hydrogen-bond donors (Lipinski definition) is 1. The Morgan fingerprint density at radius 1 is 0.962 bits per heavy atom. The molecule has 5 heteroatoms. The molecule has 138 valence electrons. The number of nitrogens with zero attached hydrogens (tertiary/aromatic N) is 3. The highest BCUT2D eigenvalue weighted by Gasteiger charge is 2.27. The van der Waals surface area contributed by atoms with Gasteiger partial charge in [0.05, 0.1) is 6.54 Å². The van der Waals surface area contributed by atoms with Crippen molar-refractivity contribution in [3.63, 3.8) is 0 Å². The minimum atomic E-state index is 0. The molecule has 1 fully saturated rings. The number of anilines is 1. The van der Waals surface area contributed by atoms with Crippen molar-refractivity contribution in [1.82, 2.24) is 9.80 Å². The summed E-state index contributed by atoms with van der Waals surface area (Å²) in [6.07, 6.45) is 2.43. The maximum atomic E-state index is 4.82. The number of halogens is 1. The highest BCUT2D eigenvalue weighted by Crippen LogP contribution is 2.19. The normalized spacial score (nSPS) is 19.7. The average Bonchev–Trinajstić information content (AvgIpc) is 3.12. The highest BCUT2D eigenvalue weighted by molar-refractivity contribution is 14.0. The first-order valence-electron chi connectivity index (χ1n) is 9.28. The van der Waals surface area contributed by atoms with Crippen LogP contribution in [0.15, 0.2) is 65.7 Å². The summed E-state index contributed by atoms with van der Waals surface area (Å²) in [5.41, 5.74) is 2.57. The molecule has 26 heavy (non-hydrogen) atoms. The van der Waals surface area contributed by atoms with Crippen LogP contribution in [0, 0.1) is 0 Å². The Hall–Kier alpha value is -1.76. The third-order valence-corrected chi connectivity index (χ3v) is 4.97. The van der Waals surface area contributed by atoms with E-state index in [-0.39, 0.29) is 24.0 Å². The van der Waals surface area contributed by atoms with Crippen LogP contribution in [0.25, 0.3) is 0 Å². The third-order valence-electron chi connectivity index (χ3n) is 4.97. The predicted octanol–water partition coefficient (Wildman–Crippen LogP) is 4.05. The Labute approximate surface area is 173 Å². The molecule has 1 unspecified atom stereocenters. The number of guanidine groups is 1. The van der Waals surface area contributed by atoms with Gasteiger partial charge in [-0.3, -0.25) is 4.99 Å². The van der Waals surface area contributed by atoms with E-state index in [2.05, 4.69) is 75.8 Å². The largest absolute Gasteiger partial charge is 0.381 e. The van der Waals surface area contributed by atoms with E-state index in [4.69, 9.17) is 4.99 Å². The van der Waals surface area contributed by atoms with Crippen LogP contribution in [0.2, 0.25) is 0 Å². The molecule has 1 atom stereocenters. The minimum absolute atomic E-state index is 0. The molecule has 0 spiro atoms. The predicted molar refractivity (Wildman–Crippen MR) is 119 cm³/mol. The van der Waals surface area contributed by atoms with E-state index in [1.165, 1.54) is 30.1 Å².